The highest BCUT2D eigenvalue weighted by atomic mass is 14.2. The van der Waals surface area contributed by atoms with Crippen molar-refractivity contribution in [2.45, 2.75) is 61.3 Å². The van der Waals surface area contributed by atoms with E-state index >= 15 is 0 Å². The van der Waals surface area contributed by atoms with E-state index in [2.05, 4.69) is 60.6 Å². The molecule has 1 atom stereocenters. The lowest BCUT2D eigenvalue weighted by atomic mass is 9.81. The molecule has 0 spiro atoms. The van der Waals surface area contributed by atoms with Crippen molar-refractivity contribution < 1.29 is 0 Å². The summed E-state index contributed by atoms with van der Waals surface area (Å²) in [7, 11) is 0. The molecule has 1 unspecified atom stereocenters. The number of rotatable bonds is 3. The van der Waals surface area contributed by atoms with E-state index < -0.39 is 0 Å². The van der Waals surface area contributed by atoms with E-state index in [4.69, 9.17) is 0 Å². The van der Waals surface area contributed by atoms with Gasteiger partial charge in [0.15, 0.2) is 0 Å². The fraction of sp³-hybridized carbons (Fsp3) is 0.857. The Morgan fingerprint density at radius 3 is 1.86 bits per heavy atom. The van der Waals surface area contributed by atoms with Crippen LogP contribution in [0.3, 0.4) is 0 Å². The zero-order valence-corrected chi connectivity index (χ0v) is 11.1. The van der Waals surface area contributed by atoms with Gasteiger partial charge in [0, 0.05) is 0 Å². The summed E-state index contributed by atoms with van der Waals surface area (Å²) in [5.74, 6) is 0.669. The average Bonchev–Trinajstić information content (AvgIpc) is 1.93. The van der Waals surface area contributed by atoms with E-state index in [-0.39, 0.29) is 0 Å². The quantitative estimate of drug-likeness (QED) is 0.554. The first kappa shape index (κ1) is 13.7. The molecule has 0 nitrogen and oxygen atoms in total. The van der Waals surface area contributed by atoms with Crippen LogP contribution in [-0.4, -0.2) is 0 Å². The van der Waals surface area contributed by atoms with Crippen LogP contribution in [0, 0.1) is 16.7 Å². The molecule has 0 aliphatic heterocycles. The van der Waals surface area contributed by atoms with Crippen molar-refractivity contribution >= 4 is 0 Å². The third-order valence-corrected chi connectivity index (χ3v) is 2.85. The first-order valence-corrected chi connectivity index (χ1v) is 5.79. The molecule has 0 rings (SSSR count). The van der Waals surface area contributed by atoms with Gasteiger partial charge in [0.1, 0.15) is 0 Å². The summed E-state index contributed by atoms with van der Waals surface area (Å²) in [5.41, 5.74) is 0.869. The van der Waals surface area contributed by atoms with Crippen LogP contribution >= 0.6 is 0 Å². The van der Waals surface area contributed by atoms with Gasteiger partial charge in [0.05, 0.1) is 0 Å². The van der Waals surface area contributed by atoms with Gasteiger partial charge in [-0.15, -0.1) is 0 Å². The molecule has 0 N–H and O–H groups in total. The lowest BCUT2D eigenvalue weighted by Crippen LogP contribution is -2.14. The first-order valence-electron chi connectivity index (χ1n) is 5.79. The predicted octanol–water partition coefficient (Wildman–Crippen LogP) is 5.05. The second-order valence-corrected chi connectivity index (χ2v) is 6.68. The highest BCUT2D eigenvalue weighted by molar-refractivity contribution is 4.92. The average molecular weight is 196 g/mol. The summed E-state index contributed by atoms with van der Waals surface area (Å²) in [5, 5.41) is 0. The Balaban J connectivity index is 3.85. The van der Waals surface area contributed by atoms with Gasteiger partial charge in [0.2, 0.25) is 0 Å². The van der Waals surface area contributed by atoms with Crippen molar-refractivity contribution in [2.75, 3.05) is 0 Å². The van der Waals surface area contributed by atoms with Gasteiger partial charge in [-0.2, -0.15) is 0 Å². The van der Waals surface area contributed by atoms with Crippen LogP contribution in [0.4, 0.5) is 0 Å². The standard InChI is InChI=1S/C14H28/c1-12(14(5,6)7)10-8-9-11-13(2,3)4/h8,10,12H,9,11H2,1-7H3/b10-8-. The molecule has 0 bridgehead atoms. The molecule has 0 aromatic rings. The third-order valence-electron chi connectivity index (χ3n) is 2.85. The van der Waals surface area contributed by atoms with Gasteiger partial charge in [-0.3, -0.25) is 0 Å². The van der Waals surface area contributed by atoms with Crippen molar-refractivity contribution in [2.24, 2.45) is 16.7 Å². The summed E-state index contributed by atoms with van der Waals surface area (Å²) in [4.78, 5) is 0. The molecule has 0 heterocycles. The van der Waals surface area contributed by atoms with Gasteiger partial charge in [0.25, 0.3) is 0 Å². The van der Waals surface area contributed by atoms with Gasteiger partial charge in [-0.05, 0) is 29.6 Å². The number of hydrogen-bond donors (Lipinski definition) is 0. The maximum absolute atomic E-state index is 2.37. The molecule has 0 aromatic heterocycles. The van der Waals surface area contributed by atoms with Gasteiger partial charge in [-0.1, -0.05) is 60.6 Å². The molecular formula is C14H28. The van der Waals surface area contributed by atoms with Crippen LogP contribution in [0.5, 0.6) is 0 Å². The molecule has 0 saturated heterocycles. The summed E-state index contributed by atoms with van der Waals surface area (Å²) >= 11 is 0. The minimum absolute atomic E-state index is 0.401. The Kier molecular flexibility index (Phi) is 4.91. The monoisotopic (exact) mass is 196 g/mol. The molecule has 0 aliphatic carbocycles. The molecule has 0 aliphatic rings. The van der Waals surface area contributed by atoms with Crippen LogP contribution in [0.25, 0.3) is 0 Å². The van der Waals surface area contributed by atoms with Crippen molar-refractivity contribution in [3.8, 4) is 0 Å². The molecule has 0 aromatic carbocycles. The Labute approximate surface area is 90.8 Å². The zero-order valence-electron chi connectivity index (χ0n) is 11.1. The van der Waals surface area contributed by atoms with Crippen LogP contribution in [0.2, 0.25) is 0 Å². The fourth-order valence-electron chi connectivity index (χ4n) is 1.11. The van der Waals surface area contributed by atoms with Crippen molar-refractivity contribution in [1.29, 1.82) is 0 Å². The normalized spacial score (nSPS) is 16.2. The summed E-state index contributed by atoms with van der Waals surface area (Å²) in [6.45, 7) is 16.1. The van der Waals surface area contributed by atoms with Crippen LogP contribution < -0.4 is 0 Å². The summed E-state index contributed by atoms with van der Waals surface area (Å²) < 4.78 is 0. The van der Waals surface area contributed by atoms with E-state index in [1.807, 2.05) is 0 Å². The first-order chi connectivity index (χ1) is 6.13. The maximum atomic E-state index is 2.37. The molecule has 84 valence electrons. The lowest BCUT2D eigenvalue weighted by molar-refractivity contribution is 0.313. The maximum Gasteiger partial charge on any atom is -0.0213 e. The highest BCUT2D eigenvalue weighted by Gasteiger charge is 2.16. The summed E-state index contributed by atoms with van der Waals surface area (Å²) in [6.07, 6.45) is 7.21. The fourth-order valence-corrected chi connectivity index (χ4v) is 1.11. The predicted molar refractivity (Wildman–Crippen MR) is 66.4 cm³/mol. The van der Waals surface area contributed by atoms with Gasteiger partial charge in [-0.25, -0.2) is 0 Å². The molecule has 0 amide bonds. The Morgan fingerprint density at radius 1 is 1.00 bits per heavy atom. The van der Waals surface area contributed by atoms with Crippen molar-refractivity contribution in [3.63, 3.8) is 0 Å². The SMILES string of the molecule is CC(/C=C\CCC(C)(C)C)C(C)(C)C. The van der Waals surface area contributed by atoms with E-state index in [1.165, 1.54) is 12.8 Å². The Bertz CT molecular complexity index is 173. The second kappa shape index (κ2) is 5.00. The van der Waals surface area contributed by atoms with Gasteiger partial charge < -0.3 is 0 Å². The van der Waals surface area contributed by atoms with Gasteiger partial charge >= 0.3 is 0 Å². The van der Waals surface area contributed by atoms with Crippen molar-refractivity contribution in [3.05, 3.63) is 12.2 Å². The molecular weight excluding hydrogens is 168 g/mol. The van der Waals surface area contributed by atoms with E-state index in [1.54, 1.807) is 0 Å². The molecule has 0 heteroatoms. The topological polar surface area (TPSA) is 0 Å². The Hall–Kier alpha value is -0.260. The minimum Gasteiger partial charge on any atom is -0.0882 e. The zero-order chi connectivity index (χ0) is 11.4. The van der Waals surface area contributed by atoms with Crippen LogP contribution in [0.15, 0.2) is 12.2 Å². The lowest BCUT2D eigenvalue weighted by Gasteiger charge is -2.24. The summed E-state index contributed by atoms with van der Waals surface area (Å²) in [6, 6.07) is 0. The van der Waals surface area contributed by atoms with Crippen molar-refractivity contribution in [1.82, 2.24) is 0 Å². The smallest absolute Gasteiger partial charge is 0.0213 e. The van der Waals surface area contributed by atoms with E-state index in [0.29, 0.717) is 16.7 Å². The number of allylic oxidation sites excluding steroid dienone is 2. The van der Waals surface area contributed by atoms with E-state index in [9.17, 15) is 0 Å². The molecule has 0 fully saturated rings. The third kappa shape index (κ3) is 7.17. The minimum atomic E-state index is 0.401. The Morgan fingerprint density at radius 2 is 1.50 bits per heavy atom. The highest BCUT2D eigenvalue weighted by Crippen LogP contribution is 2.27. The molecule has 0 radical (unpaired) electrons. The molecule has 14 heavy (non-hydrogen) atoms. The van der Waals surface area contributed by atoms with Crippen LogP contribution in [-0.2, 0) is 0 Å². The van der Waals surface area contributed by atoms with E-state index in [0.717, 1.165) is 0 Å². The molecule has 0 saturated carbocycles. The van der Waals surface area contributed by atoms with Crippen LogP contribution in [0.1, 0.15) is 61.3 Å². The largest absolute Gasteiger partial charge is 0.0882 e. The second-order valence-electron chi connectivity index (χ2n) is 6.68. The number of hydrogen-bond acceptors (Lipinski definition) is 0.